The number of carbonyl (C=O) groups is 1. The van der Waals surface area contributed by atoms with Crippen LogP contribution in [0.3, 0.4) is 0 Å². The Labute approximate surface area is 95.5 Å². The van der Waals surface area contributed by atoms with Crippen LogP contribution < -0.4 is 0 Å². The van der Waals surface area contributed by atoms with Crippen LogP contribution in [0.25, 0.3) is 0 Å². The molecule has 1 atom stereocenters. The lowest BCUT2D eigenvalue weighted by Crippen LogP contribution is -2.49. The average Bonchev–Trinajstić information content (AvgIpc) is 2.13. The second kappa shape index (κ2) is 3.44. The molecule has 1 aliphatic rings. The SMILES string of the molecule is C=C(O)[C@H]1N(C(C)=O)C(C)(C)SC1(C)C. The fraction of sp³-hybridized carbons (Fsp3) is 0.727. The summed E-state index contributed by atoms with van der Waals surface area (Å²) in [6.07, 6.45) is 0. The molecule has 1 aliphatic heterocycles. The highest BCUT2D eigenvalue weighted by atomic mass is 32.2. The summed E-state index contributed by atoms with van der Waals surface area (Å²) in [5.41, 5.74) is 0. The first kappa shape index (κ1) is 12.4. The zero-order valence-corrected chi connectivity index (χ0v) is 10.8. The highest BCUT2D eigenvalue weighted by molar-refractivity contribution is 8.02. The standard InChI is InChI=1S/C11H19NO2S/c1-7(13)9-10(3,4)15-11(5,6)12(9)8(2)14/h9,13H,1H2,2-6H3/t9-/m1/s1. The summed E-state index contributed by atoms with van der Waals surface area (Å²) in [4.78, 5) is 13.0. The van der Waals surface area contributed by atoms with Crippen LogP contribution in [0.2, 0.25) is 0 Å². The molecular weight excluding hydrogens is 210 g/mol. The van der Waals surface area contributed by atoms with Crippen LogP contribution in [0.5, 0.6) is 0 Å². The van der Waals surface area contributed by atoms with Crippen LogP contribution in [0.4, 0.5) is 0 Å². The maximum Gasteiger partial charge on any atom is 0.221 e. The Morgan fingerprint density at radius 2 is 1.87 bits per heavy atom. The van der Waals surface area contributed by atoms with Gasteiger partial charge in [0.05, 0.1) is 4.87 Å². The minimum absolute atomic E-state index is 0.0294. The first-order valence-electron chi connectivity index (χ1n) is 4.97. The zero-order chi connectivity index (χ0) is 12.0. The molecule has 15 heavy (non-hydrogen) atoms. The number of hydrogen-bond acceptors (Lipinski definition) is 3. The number of aliphatic hydroxyl groups excluding tert-OH is 1. The molecule has 1 fully saturated rings. The molecule has 1 amide bonds. The molecule has 4 heteroatoms. The molecule has 1 saturated heterocycles. The molecule has 0 unspecified atom stereocenters. The number of thioether (sulfide) groups is 1. The van der Waals surface area contributed by atoms with Crippen molar-refractivity contribution in [3.63, 3.8) is 0 Å². The smallest absolute Gasteiger partial charge is 0.221 e. The minimum atomic E-state index is -0.310. The molecular formula is C11H19NO2S. The monoisotopic (exact) mass is 229 g/mol. The lowest BCUT2D eigenvalue weighted by Gasteiger charge is -2.34. The van der Waals surface area contributed by atoms with Gasteiger partial charge in [-0.05, 0) is 27.7 Å². The summed E-state index contributed by atoms with van der Waals surface area (Å²) in [6.45, 7) is 13.1. The molecule has 1 heterocycles. The predicted octanol–water partition coefficient (Wildman–Crippen LogP) is 2.54. The fourth-order valence-electron chi connectivity index (χ4n) is 2.48. The molecule has 0 spiro atoms. The number of nitrogens with zero attached hydrogens (tertiary/aromatic N) is 1. The highest BCUT2D eigenvalue weighted by Gasteiger charge is 2.54. The molecule has 3 nitrogen and oxygen atoms in total. The Morgan fingerprint density at radius 1 is 1.40 bits per heavy atom. The van der Waals surface area contributed by atoms with Gasteiger partial charge in [-0.2, -0.15) is 0 Å². The molecule has 0 aromatic rings. The number of carbonyl (C=O) groups excluding carboxylic acids is 1. The molecule has 0 radical (unpaired) electrons. The largest absolute Gasteiger partial charge is 0.511 e. The van der Waals surface area contributed by atoms with Gasteiger partial charge in [0.2, 0.25) is 5.91 Å². The van der Waals surface area contributed by atoms with E-state index in [-0.39, 0.29) is 27.3 Å². The second-order valence-corrected chi connectivity index (χ2v) is 7.19. The van der Waals surface area contributed by atoms with Crippen molar-refractivity contribution in [1.82, 2.24) is 4.90 Å². The van der Waals surface area contributed by atoms with Crippen LogP contribution in [-0.2, 0) is 4.79 Å². The molecule has 0 aromatic carbocycles. The van der Waals surface area contributed by atoms with E-state index in [1.165, 1.54) is 6.92 Å². The van der Waals surface area contributed by atoms with E-state index in [0.29, 0.717) is 0 Å². The Morgan fingerprint density at radius 3 is 2.13 bits per heavy atom. The van der Waals surface area contributed by atoms with Crippen molar-refractivity contribution in [1.29, 1.82) is 0 Å². The second-order valence-electron chi connectivity index (χ2n) is 4.94. The maximum absolute atomic E-state index is 11.6. The topological polar surface area (TPSA) is 40.5 Å². The van der Waals surface area contributed by atoms with Crippen LogP contribution in [0, 0.1) is 0 Å². The van der Waals surface area contributed by atoms with Crippen LogP contribution in [0.15, 0.2) is 12.3 Å². The summed E-state index contributed by atoms with van der Waals surface area (Å²) in [5, 5.41) is 9.64. The summed E-state index contributed by atoms with van der Waals surface area (Å²) >= 11 is 1.68. The van der Waals surface area contributed by atoms with Gasteiger partial charge in [0, 0.05) is 11.7 Å². The normalized spacial score (nSPS) is 27.8. The predicted molar refractivity (Wildman–Crippen MR) is 63.8 cm³/mol. The van der Waals surface area contributed by atoms with Gasteiger partial charge in [0.15, 0.2) is 0 Å². The van der Waals surface area contributed by atoms with Gasteiger partial charge in [-0.3, -0.25) is 4.79 Å². The first-order chi connectivity index (χ1) is 6.59. The molecule has 0 bridgehead atoms. The van der Waals surface area contributed by atoms with Gasteiger partial charge in [0.25, 0.3) is 0 Å². The average molecular weight is 229 g/mol. The van der Waals surface area contributed by atoms with Crippen molar-refractivity contribution in [3.8, 4) is 0 Å². The third-order valence-electron chi connectivity index (χ3n) is 2.66. The van der Waals surface area contributed by atoms with Gasteiger partial charge in [-0.15, -0.1) is 11.8 Å². The molecule has 0 saturated carbocycles. The van der Waals surface area contributed by atoms with Crippen molar-refractivity contribution in [3.05, 3.63) is 12.3 Å². The number of aliphatic hydroxyl groups is 1. The van der Waals surface area contributed by atoms with Crippen molar-refractivity contribution in [2.24, 2.45) is 0 Å². The van der Waals surface area contributed by atoms with E-state index >= 15 is 0 Å². The van der Waals surface area contributed by atoms with Crippen LogP contribution >= 0.6 is 11.8 Å². The number of hydrogen-bond donors (Lipinski definition) is 1. The van der Waals surface area contributed by atoms with Crippen LogP contribution in [0.1, 0.15) is 34.6 Å². The van der Waals surface area contributed by atoms with Gasteiger partial charge in [0.1, 0.15) is 11.8 Å². The summed E-state index contributed by atoms with van der Waals surface area (Å²) in [7, 11) is 0. The summed E-state index contributed by atoms with van der Waals surface area (Å²) in [6, 6.07) is -0.310. The number of rotatable bonds is 1. The van der Waals surface area contributed by atoms with Gasteiger partial charge in [-0.25, -0.2) is 0 Å². The zero-order valence-electron chi connectivity index (χ0n) is 10.00. The Bertz CT molecular complexity index is 280. The van der Waals surface area contributed by atoms with Crippen molar-refractivity contribution >= 4 is 17.7 Å². The van der Waals surface area contributed by atoms with Crippen molar-refractivity contribution in [2.75, 3.05) is 0 Å². The van der Waals surface area contributed by atoms with E-state index in [9.17, 15) is 9.90 Å². The van der Waals surface area contributed by atoms with E-state index < -0.39 is 0 Å². The fourth-order valence-corrected chi connectivity index (χ4v) is 4.45. The Kier molecular flexibility index (Phi) is 2.85. The Hall–Kier alpha value is -0.640. The lowest BCUT2D eigenvalue weighted by atomic mass is 9.99. The molecule has 0 aliphatic carbocycles. The quantitative estimate of drug-likeness (QED) is 0.702. The third kappa shape index (κ3) is 2.00. The maximum atomic E-state index is 11.6. The summed E-state index contributed by atoms with van der Waals surface area (Å²) in [5.74, 6) is 0.0338. The Balaban J connectivity index is 3.20. The minimum Gasteiger partial charge on any atom is -0.511 e. The number of amides is 1. The molecule has 1 N–H and O–H groups in total. The third-order valence-corrected chi connectivity index (χ3v) is 4.11. The lowest BCUT2D eigenvalue weighted by molar-refractivity contribution is -0.133. The summed E-state index contributed by atoms with van der Waals surface area (Å²) < 4.78 is -0.207. The van der Waals surface area contributed by atoms with E-state index in [2.05, 4.69) is 6.58 Å². The molecule has 86 valence electrons. The van der Waals surface area contributed by atoms with Gasteiger partial charge >= 0.3 is 0 Å². The van der Waals surface area contributed by atoms with E-state index in [1.807, 2.05) is 27.7 Å². The molecule has 0 aromatic heterocycles. The van der Waals surface area contributed by atoms with E-state index in [4.69, 9.17) is 0 Å². The first-order valence-corrected chi connectivity index (χ1v) is 5.79. The molecule has 1 rings (SSSR count). The van der Waals surface area contributed by atoms with E-state index in [1.54, 1.807) is 16.7 Å². The van der Waals surface area contributed by atoms with Crippen LogP contribution in [-0.4, -0.2) is 31.6 Å². The van der Waals surface area contributed by atoms with Crippen molar-refractivity contribution in [2.45, 2.75) is 50.3 Å². The highest BCUT2D eigenvalue weighted by Crippen LogP contribution is 2.52. The van der Waals surface area contributed by atoms with Gasteiger partial charge in [-0.1, -0.05) is 6.58 Å². The van der Waals surface area contributed by atoms with E-state index in [0.717, 1.165) is 0 Å². The van der Waals surface area contributed by atoms with Gasteiger partial charge < -0.3 is 10.0 Å². The van der Waals surface area contributed by atoms with Crippen molar-refractivity contribution < 1.29 is 9.90 Å².